The second kappa shape index (κ2) is 6.41. The highest BCUT2D eigenvalue weighted by Gasteiger charge is 2.27. The third-order valence-corrected chi connectivity index (χ3v) is 3.81. The number of halogens is 2. The minimum Gasteiger partial charge on any atom is -0.304 e. The number of hydrogen-bond acceptors (Lipinski definition) is 3. The Hall–Kier alpha value is -1.33. The van der Waals surface area contributed by atoms with Crippen LogP contribution in [0.3, 0.4) is 0 Å². The summed E-state index contributed by atoms with van der Waals surface area (Å²) in [6, 6.07) is 2.98. The quantitative estimate of drug-likeness (QED) is 0.843. The van der Waals surface area contributed by atoms with Crippen molar-refractivity contribution in [1.82, 2.24) is 9.80 Å². The van der Waals surface area contributed by atoms with E-state index < -0.39 is 11.6 Å². The van der Waals surface area contributed by atoms with Crippen LogP contribution in [0.1, 0.15) is 12.0 Å². The minimum atomic E-state index is -0.524. The van der Waals surface area contributed by atoms with Gasteiger partial charge in [-0.05, 0) is 57.4 Å². The van der Waals surface area contributed by atoms with Crippen molar-refractivity contribution in [2.45, 2.75) is 18.9 Å². The van der Waals surface area contributed by atoms with E-state index in [1.165, 1.54) is 0 Å². The number of hydrogen-bond donors (Lipinski definition) is 0. The Morgan fingerprint density at radius 3 is 2.80 bits per heavy atom. The van der Waals surface area contributed by atoms with Gasteiger partial charge in [-0.15, -0.1) is 0 Å². The van der Waals surface area contributed by atoms with Gasteiger partial charge >= 0.3 is 0 Å². The molecule has 20 heavy (non-hydrogen) atoms. The van der Waals surface area contributed by atoms with Gasteiger partial charge in [-0.1, -0.05) is 0 Å². The fourth-order valence-electron chi connectivity index (χ4n) is 2.60. The molecule has 0 radical (unpaired) electrons. The molecule has 110 valence electrons. The highest BCUT2D eigenvalue weighted by molar-refractivity contribution is 5.86. The normalized spacial score (nSPS) is 21.7. The van der Waals surface area contributed by atoms with Gasteiger partial charge in [0.2, 0.25) is 0 Å². The van der Waals surface area contributed by atoms with Crippen LogP contribution in [0.25, 0.3) is 0 Å². The molecule has 0 aliphatic carbocycles. The van der Waals surface area contributed by atoms with Crippen molar-refractivity contribution in [2.24, 2.45) is 0 Å². The van der Waals surface area contributed by atoms with Crippen LogP contribution in [0.5, 0.6) is 0 Å². The van der Waals surface area contributed by atoms with Crippen molar-refractivity contribution in [3.05, 3.63) is 35.4 Å². The second-order valence-corrected chi connectivity index (χ2v) is 5.49. The van der Waals surface area contributed by atoms with Gasteiger partial charge in [0.15, 0.2) is 5.78 Å². The Morgan fingerprint density at radius 1 is 1.30 bits per heavy atom. The third kappa shape index (κ3) is 3.61. The molecule has 2 rings (SSSR count). The van der Waals surface area contributed by atoms with Gasteiger partial charge < -0.3 is 4.90 Å². The summed E-state index contributed by atoms with van der Waals surface area (Å²) in [5.41, 5.74) is 0.135. The van der Waals surface area contributed by atoms with Gasteiger partial charge in [0.25, 0.3) is 0 Å². The highest BCUT2D eigenvalue weighted by atomic mass is 19.1. The second-order valence-electron chi connectivity index (χ2n) is 5.49. The van der Waals surface area contributed by atoms with E-state index in [4.69, 9.17) is 0 Å². The van der Waals surface area contributed by atoms with E-state index in [-0.39, 0.29) is 23.8 Å². The van der Waals surface area contributed by atoms with Gasteiger partial charge in [0.05, 0.1) is 6.04 Å². The average Bonchev–Trinajstić information content (AvgIpc) is 2.55. The van der Waals surface area contributed by atoms with Gasteiger partial charge in [-0.2, -0.15) is 0 Å². The molecule has 1 saturated heterocycles. The summed E-state index contributed by atoms with van der Waals surface area (Å²) in [7, 11) is 3.88. The first-order valence-corrected chi connectivity index (χ1v) is 6.83. The van der Waals surface area contributed by atoms with E-state index in [0.29, 0.717) is 6.54 Å². The smallest absolute Gasteiger partial charge is 0.155 e. The molecule has 1 aliphatic rings. The van der Waals surface area contributed by atoms with Crippen LogP contribution < -0.4 is 0 Å². The number of rotatable bonds is 3. The lowest BCUT2D eigenvalue weighted by atomic mass is 10.0. The molecule has 0 aromatic heterocycles. The van der Waals surface area contributed by atoms with E-state index in [9.17, 15) is 13.6 Å². The zero-order chi connectivity index (χ0) is 14.7. The van der Waals surface area contributed by atoms with Gasteiger partial charge in [0.1, 0.15) is 11.6 Å². The van der Waals surface area contributed by atoms with E-state index in [1.807, 2.05) is 19.0 Å². The predicted molar refractivity (Wildman–Crippen MR) is 73.6 cm³/mol. The topological polar surface area (TPSA) is 23.6 Å². The first-order chi connectivity index (χ1) is 9.47. The molecule has 0 N–H and O–H groups in total. The number of carbonyl (C=O) groups excluding carboxylic acids is 1. The Balaban J connectivity index is 2.11. The number of Topliss-reactive ketones (excluding diaryl/α,β-unsaturated/α-hetero) is 1. The molecule has 1 fully saturated rings. The predicted octanol–water partition coefficient (Wildman–Crippen LogP) is 1.71. The summed E-state index contributed by atoms with van der Waals surface area (Å²) in [6.07, 6.45) is 0.942. The van der Waals surface area contributed by atoms with Crippen molar-refractivity contribution in [3.63, 3.8) is 0 Å². The van der Waals surface area contributed by atoms with Crippen molar-refractivity contribution in [2.75, 3.05) is 33.7 Å². The molecule has 0 bridgehead atoms. The van der Waals surface area contributed by atoms with E-state index >= 15 is 0 Å². The van der Waals surface area contributed by atoms with Crippen LogP contribution in [0, 0.1) is 11.6 Å². The Labute approximate surface area is 118 Å². The van der Waals surface area contributed by atoms with Crippen LogP contribution in [0.2, 0.25) is 0 Å². The molecule has 0 saturated carbocycles. The zero-order valence-electron chi connectivity index (χ0n) is 11.9. The molecule has 0 amide bonds. The molecule has 1 aromatic rings. The van der Waals surface area contributed by atoms with Crippen LogP contribution in [0.15, 0.2) is 18.2 Å². The number of ketones is 1. The van der Waals surface area contributed by atoms with Crippen molar-refractivity contribution in [1.29, 1.82) is 0 Å². The summed E-state index contributed by atoms with van der Waals surface area (Å²) in [5, 5.41) is 0. The number of likely N-dealkylation sites (N-methyl/N-ethyl adjacent to an activating group) is 2. The molecule has 0 spiro atoms. The van der Waals surface area contributed by atoms with Crippen LogP contribution in [-0.4, -0.2) is 55.4 Å². The largest absolute Gasteiger partial charge is 0.304 e. The Kier molecular flexibility index (Phi) is 4.83. The van der Waals surface area contributed by atoms with Crippen molar-refractivity contribution in [3.8, 4) is 0 Å². The average molecular weight is 282 g/mol. The maximum atomic E-state index is 13.6. The van der Waals surface area contributed by atoms with Crippen LogP contribution >= 0.6 is 0 Å². The fourth-order valence-corrected chi connectivity index (χ4v) is 2.60. The summed E-state index contributed by atoms with van der Waals surface area (Å²) >= 11 is 0. The molecule has 1 aliphatic heterocycles. The van der Waals surface area contributed by atoms with Crippen molar-refractivity contribution >= 4 is 5.78 Å². The molecule has 1 heterocycles. The first kappa shape index (κ1) is 15.1. The lowest BCUT2D eigenvalue weighted by molar-refractivity contribution is -0.123. The van der Waals surface area contributed by atoms with Crippen molar-refractivity contribution < 1.29 is 13.6 Å². The lowest BCUT2D eigenvalue weighted by Crippen LogP contribution is -2.44. The monoisotopic (exact) mass is 282 g/mol. The summed E-state index contributed by atoms with van der Waals surface area (Å²) in [5.74, 6) is -1.10. The van der Waals surface area contributed by atoms with Crippen LogP contribution in [0.4, 0.5) is 8.78 Å². The first-order valence-electron chi connectivity index (χ1n) is 6.83. The summed E-state index contributed by atoms with van der Waals surface area (Å²) < 4.78 is 26.8. The van der Waals surface area contributed by atoms with E-state index in [0.717, 1.165) is 37.7 Å². The molecular formula is C15H20F2N2O. The summed E-state index contributed by atoms with van der Waals surface area (Å²) in [6.45, 7) is 2.42. The van der Waals surface area contributed by atoms with Gasteiger partial charge in [-0.3, -0.25) is 9.69 Å². The molecule has 1 atom stereocenters. The maximum Gasteiger partial charge on any atom is 0.155 e. The maximum absolute atomic E-state index is 13.6. The number of benzene rings is 1. The zero-order valence-corrected chi connectivity index (χ0v) is 11.9. The molecular weight excluding hydrogens is 262 g/mol. The highest BCUT2D eigenvalue weighted by Crippen LogP contribution is 2.14. The fraction of sp³-hybridized carbons (Fsp3) is 0.533. The molecule has 3 nitrogen and oxygen atoms in total. The minimum absolute atomic E-state index is 0.0631. The van der Waals surface area contributed by atoms with E-state index in [2.05, 4.69) is 4.90 Å². The molecule has 5 heteroatoms. The van der Waals surface area contributed by atoms with Crippen LogP contribution in [-0.2, 0) is 11.2 Å². The Bertz CT molecular complexity index is 493. The molecule has 1 aromatic carbocycles. The lowest BCUT2D eigenvalue weighted by Gasteiger charge is -2.26. The molecule has 1 unspecified atom stereocenters. The van der Waals surface area contributed by atoms with Gasteiger partial charge in [-0.25, -0.2) is 8.78 Å². The third-order valence-electron chi connectivity index (χ3n) is 3.81. The SMILES string of the molecule is CN1CCCN(C)C(C(=O)Cc2cc(F)ccc2F)C1. The Morgan fingerprint density at radius 2 is 2.05 bits per heavy atom. The number of carbonyl (C=O) groups is 1. The van der Waals surface area contributed by atoms with Gasteiger partial charge in [0, 0.05) is 13.0 Å². The standard InChI is InChI=1S/C15H20F2N2O/c1-18-6-3-7-19(2)14(10-18)15(20)9-11-8-12(16)4-5-13(11)17/h4-5,8,14H,3,6-7,9-10H2,1-2H3. The summed E-state index contributed by atoms with van der Waals surface area (Å²) in [4.78, 5) is 16.5. The number of nitrogens with zero attached hydrogens (tertiary/aromatic N) is 2. The van der Waals surface area contributed by atoms with E-state index in [1.54, 1.807) is 0 Å².